The quantitative estimate of drug-likeness (QED) is 0.295. The van der Waals surface area contributed by atoms with Gasteiger partial charge in [-0.3, -0.25) is 9.59 Å². The minimum Gasteiger partial charge on any atom is -0.497 e. The van der Waals surface area contributed by atoms with Crippen molar-refractivity contribution in [3.8, 4) is 5.75 Å². The molecule has 7 heteroatoms. The molecule has 0 aromatic heterocycles. The monoisotopic (exact) mass is 518 g/mol. The van der Waals surface area contributed by atoms with Crippen molar-refractivity contribution in [3.05, 3.63) is 41.5 Å². The van der Waals surface area contributed by atoms with E-state index in [1.165, 1.54) is 0 Å². The highest BCUT2D eigenvalue weighted by Crippen LogP contribution is 2.28. The van der Waals surface area contributed by atoms with Gasteiger partial charge < -0.3 is 19.7 Å². The molecule has 0 radical (unpaired) electrons. The van der Waals surface area contributed by atoms with E-state index in [2.05, 4.69) is 26.1 Å². The van der Waals surface area contributed by atoms with E-state index in [0.717, 1.165) is 17.2 Å². The summed E-state index contributed by atoms with van der Waals surface area (Å²) in [4.78, 5) is 39.4. The lowest BCUT2D eigenvalue weighted by Crippen LogP contribution is -2.48. The molecule has 0 aliphatic rings. The van der Waals surface area contributed by atoms with E-state index in [1.807, 2.05) is 52.0 Å². The van der Waals surface area contributed by atoms with E-state index < -0.39 is 11.4 Å². The Labute approximate surface area is 225 Å². The summed E-state index contributed by atoms with van der Waals surface area (Å²) >= 11 is 0. The number of benzene rings is 1. The van der Waals surface area contributed by atoms with Gasteiger partial charge in [0.05, 0.1) is 31.7 Å². The van der Waals surface area contributed by atoms with Gasteiger partial charge in [-0.15, -0.1) is 0 Å². The minimum atomic E-state index is -0.648. The summed E-state index contributed by atoms with van der Waals surface area (Å²) in [5, 5.41) is 2.82. The molecule has 0 aliphatic carbocycles. The number of rotatable bonds is 12. The number of nitrogens with one attached hydrogen (secondary N) is 1. The maximum Gasteiger partial charge on any atom is 0.333 e. The molecular weight excluding hydrogens is 468 g/mol. The van der Waals surface area contributed by atoms with Crippen LogP contribution in [0.5, 0.6) is 5.75 Å². The van der Waals surface area contributed by atoms with E-state index in [0.29, 0.717) is 25.0 Å². The molecule has 1 unspecified atom stereocenters. The first-order valence-corrected chi connectivity index (χ1v) is 13.2. The standard InChI is InChI=1S/C26H40N2O5.C4H10/c1-9-26(6,16-20-11-13-21(32-8)14-12-20)25(31)27-17-23(29)28(7)22(18(3)4)15-19(5)24(30)33-10-2;1-4(2)3/h11-15,18,22H,9-10,16-17H2,1-8H3,(H,27,31);4H,1-3H3/b19-15+;/t22-,26?;/m1./s1. The lowest BCUT2D eigenvalue weighted by atomic mass is 9.80. The van der Waals surface area contributed by atoms with Crippen LogP contribution in [0.3, 0.4) is 0 Å². The number of hydrogen-bond donors (Lipinski definition) is 1. The first-order valence-electron chi connectivity index (χ1n) is 13.2. The van der Waals surface area contributed by atoms with Gasteiger partial charge in [0.15, 0.2) is 0 Å². The van der Waals surface area contributed by atoms with Crippen molar-refractivity contribution in [1.82, 2.24) is 10.2 Å². The molecule has 210 valence electrons. The van der Waals surface area contributed by atoms with Crippen LogP contribution < -0.4 is 10.1 Å². The van der Waals surface area contributed by atoms with Gasteiger partial charge in [0.2, 0.25) is 11.8 Å². The fourth-order valence-corrected chi connectivity index (χ4v) is 3.54. The highest BCUT2D eigenvalue weighted by atomic mass is 16.5. The van der Waals surface area contributed by atoms with Gasteiger partial charge in [0, 0.05) is 12.6 Å². The van der Waals surface area contributed by atoms with Crippen LogP contribution in [0.4, 0.5) is 0 Å². The first-order chi connectivity index (χ1) is 17.2. The highest BCUT2D eigenvalue weighted by molar-refractivity contribution is 5.89. The zero-order valence-electron chi connectivity index (χ0n) is 24.9. The molecule has 0 bridgehead atoms. The fraction of sp³-hybridized carbons (Fsp3) is 0.633. The molecule has 0 saturated heterocycles. The average molecular weight is 519 g/mol. The number of carbonyl (C=O) groups is 3. The average Bonchev–Trinajstić information content (AvgIpc) is 2.84. The van der Waals surface area contributed by atoms with E-state index in [4.69, 9.17) is 9.47 Å². The normalized spacial score (nSPS) is 13.7. The Morgan fingerprint density at radius 3 is 2.03 bits per heavy atom. The van der Waals surface area contributed by atoms with E-state index in [9.17, 15) is 14.4 Å². The van der Waals surface area contributed by atoms with E-state index in [1.54, 1.807) is 39.0 Å². The molecule has 2 atom stereocenters. The van der Waals surface area contributed by atoms with Crippen molar-refractivity contribution in [1.29, 1.82) is 0 Å². The van der Waals surface area contributed by atoms with Gasteiger partial charge in [-0.25, -0.2) is 4.79 Å². The summed E-state index contributed by atoms with van der Waals surface area (Å²) in [7, 11) is 3.30. The molecule has 0 fully saturated rings. The number of ether oxygens (including phenoxy) is 2. The maximum atomic E-state index is 13.0. The SMILES string of the molecule is CC(C)C.CCOC(=O)/C(C)=C/[C@H](C(C)C)N(C)C(=O)CNC(=O)C(C)(CC)Cc1ccc(OC)cc1. The second-order valence-electron chi connectivity index (χ2n) is 10.7. The lowest BCUT2D eigenvalue weighted by Gasteiger charge is -2.31. The van der Waals surface area contributed by atoms with Crippen molar-refractivity contribution in [2.24, 2.45) is 17.3 Å². The van der Waals surface area contributed by atoms with Gasteiger partial charge in [0.1, 0.15) is 5.75 Å². The maximum absolute atomic E-state index is 13.0. The van der Waals surface area contributed by atoms with Gasteiger partial charge in [-0.1, -0.05) is 66.7 Å². The number of amides is 2. The van der Waals surface area contributed by atoms with Crippen molar-refractivity contribution >= 4 is 17.8 Å². The van der Waals surface area contributed by atoms with Crippen LogP contribution in [-0.2, 0) is 25.5 Å². The van der Waals surface area contributed by atoms with Gasteiger partial charge in [-0.2, -0.15) is 0 Å². The molecule has 1 N–H and O–H groups in total. The Bertz CT molecular complexity index is 874. The smallest absolute Gasteiger partial charge is 0.333 e. The lowest BCUT2D eigenvalue weighted by molar-refractivity contribution is -0.138. The Hall–Kier alpha value is -2.83. The third-order valence-electron chi connectivity index (χ3n) is 6.02. The molecule has 0 spiro atoms. The van der Waals surface area contributed by atoms with Crippen LogP contribution in [0.1, 0.15) is 74.3 Å². The third kappa shape index (κ3) is 12.3. The summed E-state index contributed by atoms with van der Waals surface area (Å²) in [5.41, 5.74) is 0.834. The topological polar surface area (TPSA) is 84.9 Å². The Kier molecular flexibility index (Phi) is 15.5. The molecule has 0 aliphatic heterocycles. The van der Waals surface area contributed by atoms with Gasteiger partial charge >= 0.3 is 5.97 Å². The Balaban J connectivity index is 0.00000300. The molecule has 1 aromatic rings. The summed E-state index contributed by atoms with van der Waals surface area (Å²) in [6.45, 7) is 17.9. The second kappa shape index (κ2) is 16.8. The molecule has 1 aromatic carbocycles. The van der Waals surface area contributed by atoms with Gasteiger partial charge in [0.25, 0.3) is 0 Å². The number of nitrogens with zero attached hydrogens (tertiary/aromatic N) is 1. The van der Waals surface area contributed by atoms with Crippen molar-refractivity contribution in [2.75, 3.05) is 27.3 Å². The third-order valence-corrected chi connectivity index (χ3v) is 6.02. The molecule has 37 heavy (non-hydrogen) atoms. The largest absolute Gasteiger partial charge is 0.497 e. The first kappa shape index (κ1) is 34.2. The number of methoxy groups -OCH3 is 1. The van der Waals surface area contributed by atoms with Crippen molar-refractivity contribution in [2.45, 2.75) is 81.2 Å². The molecule has 1 rings (SSSR count). The number of carbonyl (C=O) groups excluding carboxylic acids is 3. The Morgan fingerprint density at radius 1 is 1.05 bits per heavy atom. The summed E-state index contributed by atoms with van der Waals surface area (Å²) in [6.07, 6.45) is 2.94. The molecular formula is C30H50N2O5. The summed E-state index contributed by atoms with van der Waals surface area (Å²) in [5.74, 6) is 0.895. The minimum absolute atomic E-state index is 0.0787. The van der Waals surface area contributed by atoms with Crippen molar-refractivity contribution in [3.63, 3.8) is 0 Å². The van der Waals surface area contributed by atoms with E-state index in [-0.39, 0.29) is 30.3 Å². The zero-order valence-corrected chi connectivity index (χ0v) is 24.9. The molecule has 7 nitrogen and oxygen atoms in total. The predicted octanol–water partition coefficient (Wildman–Crippen LogP) is 5.42. The summed E-state index contributed by atoms with van der Waals surface area (Å²) in [6, 6.07) is 7.35. The molecule has 2 amide bonds. The van der Waals surface area contributed by atoms with Crippen LogP contribution in [0.25, 0.3) is 0 Å². The van der Waals surface area contributed by atoms with Crippen LogP contribution in [0, 0.1) is 17.3 Å². The second-order valence-corrected chi connectivity index (χ2v) is 10.7. The molecule has 0 saturated carbocycles. The van der Waals surface area contributed by atoms with Crippen LogP contribution in [0.2, 0.25) is 0 Å². The predicted molar refractivity (Wildman–Crippen MR) is 150 cm³/mol. The van der Waals surface area contributed by atoms with Crippen LogP contribution >= 0.6 is 0 Å². The Morgan fingerprint density at radius 2 is 1.59 bits per heavy atom. The summed E-state index contributed by atoms with van der Waals surface area (Å²) < 4.78 is 10.2. The van der Waals surface area contributed by atoms with Crippen molar-refractivity contribution < 1.29 is 23.9 Å². The number of hydrogen-bond acceptors (Lipinski definition) is 5. The number of esters is 1. The highest BCUT2D eigenvalue weighted by Gasteiger charge is 2.32. The zero-order chi connectivity index (χ0) is 28.8. The van der Waals surface area contributed by atoms with E-state index >= 15 is 0 Å². The fourth-order valence-electron chi connectivity index (χ4n) is 3.54. The van der Waals surface area contributed by atoms with Crippen LogP contribution in [-0.4, -0.2) is 56.0 Å². The van der Waals surface area contributed by atoms with Crippen LogP contribution in [0.15, 0.2) is 35.9 Å². The number of likely N-dealkylation sites (N-methyl/N-ethyl adjacent to an activating group) is 1. The van der Waals surface area contributed by atoms with Gasteiger partial charge in [-0.05, 0) is 56.2 Å². The molecule has 0 heterocycles.